The summed E-state index contributed by atoms with van der Waals surface area (Å²) in [5.41, 5.74) is 0. The molecule has 0 aliphatic heterocycles. The monoisotopic (exact) mass is 611 g/mol. The van der Waals surface area contributed by atoms with E-state index in [1.165, 1.54) is 0 Å². The fraction of sp³-hybridized carbons (Fsp3) is 1.00. The molecule has 0 heterocycles. The molecular formula is C31H142N6. The molecule has 18 N–H and O–H groups in total. The lowest BCUT2D eigenvalue weighted by molar-refractivity contribution is 2.13. The largest absolute Gasteiger partial charge is 0.344 e. The maximum absolute atomic E-state index is 5.94. The van der Waals surface area contributed by atoms with E-state index in [1.807, 2.05) is 0 Å². The molecule has 37 heavy (non-hydrogen) atoms. The summed E-state index contributed by atoms with van der Waals surface area (Å²) in [6.45, 7) is 0. The number of hydrogen-bond donors (Lipinski definition) is 6. The van der Waals surface area contributed by atoms with Gasteiger partial charge in [-0.1, -0.05) is 230 Å². The predicted octanol–water partition coefficient (Wildman–Crippen LogP) is 20.7. The highest BCUT2D eigenvalue weighted by molar-refractivity contribution is 2.53. The molecule has 0 bridgehead atoms. The molecule has 296 valence electrons. The first-order valence-corrected chi connectivity index (χ1v) is 0. The normalized spacial score (nSPS) is 5.19. The lowest BCUT2D eigenvalue weighted by atomic mass is 12.0. The van der Waals surface area contributed by atoms with Crippen LogP contribution < -0.4 is 36.9 Å². The summed E-state index contributed by atoms with van der Waals surface area (Å²) in [5, 5.41) is 0. The lowest BCUT2D eigenvalue weighted by Gasteiger charge is -0.345. The first kappa shape index (κ1) is 340. The van der Waals surface area contributed by atoms with Gasteiger partial charge in [0.1, 0.15) is 0 Å². The molecule has 0 saturated heterocycles. The molecule has 0 amide bonds. The van der Waals surface area contributed by atoms with Gasteiger partial charge in [0.05, 0.1) is 0 Å². The van der Waals surface area contributed by atoms with Gasteiger partial charge in [-0.15, -0.1) is 0 Å². The van der Waals surface area contributed by atoms with Gasteiger partial charge in [-0.3, -0.25) is 0 Å². The SMILES string of the molecule is C.C.C.C.C.C.C.C.C.C.C.C.C.C.C.C.C.C.C.C.C.C.C.C.C.C.C.C.N.N.N.N.N.N.[2H]C([2H])([2H])[2H].[2H]C([2H])([2H])[2H].[2H]C([2H])([2H])[2H]. The highest BCUT2D eigenvalue weighted by Crippen LogP contribution is 0.174. The van der Waals surface area contributed by atoms with E-state index < -0.39 is 22.0 Å². The van der Waals surface area contributed by atoms with Gasteiger partial charge in [-0.25, -0.2) is 0 Å². The highest BCUT2D eigenvalue weighted by atomic mass is 14.0. The molecule has 0 rings (SSSR count). The van der Waals surface area contributed by atoms with Gasteiger partial charge in [0, 0.05) is 16.4 Å². The second kappa shape index (κ2) is 750000. The molecule has 6 heteroatoms. The van der Waals surface area contributed by atoms with E-state index in [-0.39, 0.29) is 245 Å². The van der Waals surface area contributed by atoms with Crippen LogP contribution in [0.4, 0.5) is 0 Å². The fourth-order valence-electron chi connectivity index (χ4n) is 0. The Balaban J connectivity index is -0.000000000935. The third-order valence-electron chi connectivity index (χ3n) is 0. The minimum absolute atomic E-state index is 0. The highest BCUT2D eigenvalue weighted by Gasteiger charge is -0.0469. The van der Waals surface area contributed by atoms with Gasteiger partial charge >= 0.3 is 0 Å². The predicted molar refractivity (Wildman–Crippen MR) is 239 cm³/mol. The summed E-state index contributed by atoms with van der Waals surface area (Å²) in [4.78, 5) is 0. The number of hydrogen-bond acceptors (Lipinski definition) is 6. The summed E-state index contributed by atoms with van der Waals surface area (Å²) in [6.07, 6.45) is 0. The molecule has 0 aliphatic rings. The van der Waals surface area contributed by atoms with E-state index in [1.54, 1.807) is 0 Å². The van der Waals surface area contributed by atoms with Crippen LogP contribution in [0.1, 0.15) is 246 Å². The van der Waals surface area contributed by atoms with Crippen LogP contribution in [0.15, 0.2) is 0 Å². The molecule has 0 aromatic heterocycles. The van der Waals surface area contributed by atoms with Crippen LogP contribution in [0.2, 0.25) is 0 Å². The molecule has 0 unspecified atom stereocenters. The molecular weight excluding hydrogens is 456 g/mol. The molecule has 0 fully saturated rings. The first-order valence-electron chi connectivity index (χ1n) is 6.00. The van der Waals surface area contributed by atoms with Gasteiger partial charge in [0.15, 0.2) is 0 Å². The Morgan fingerprint density at radius 1 is 0.135 bits per heavy atom. The van der Waals surface area contributed by atoms with Crippen LogP contribution in [-0.2, 0) is 0 Å². The van der Waals surface area contributed by atoms with Gasteiger partial charge in [-0.2, -0.15) is 0 Å². The fourth-order valence-corrected chi connectivity index (χ4v) is 0. The van der Waals surface area contributed by atoms with E-state index in [0.717, 1.165) is 0 Å². The van der Waals surface area contributed by atoms with Gasteiger partial charge in [0.25, 0.3) is 0 Å². The van der Waals surface area contributed by atoms with Gasteiger partial charge in [0.2, 0.25) is 0 Å². The van der Waals surface area contributed by atoms with E-state index in [4.69, 9.17) is 16.4 Å². The van der Waals surface area contributed by atoms with Crippen molar-refractivity contribution in [2.24, 2.45) is 0 Å². The van der Waals surface area contributed by atoms with Crippen LogP contribution >= 0.6 is 0 Å². The molecule has 6 nitrogen and oxygen atoms in total. The van der Waals surface area contributed by atoms with Crippen molar-refractivity contribution in [2.45, 2.75) is 230 Å². The first-order chi connectivity index (χ1) is 6.00. The minimum Gasteiger partial charge on any atom is -0.344 e. The van der Waals surface area contributed by atoms with Crippen molar-refractivity contribution >= 4 is 0 Å². The Morgan fingerprint density at radius 3 is 0.135 bits per heavy atom. The third-order valence-corrected chi connectivity index (χ3v) is 0. The Bertz CT molecular complexity index is 138. The summed E-state index contributed by atoms with van der Waals surface area (Å²) in [5.74, 6) is 0. The van der Waals surface area contributed by atoms with Crippen molar-refractivity contribution in [3.63, 3.8) is 0 Å². The molecule has 0 radical (unpaired) electrons. The van der Waals surface area contributed by atoms with Crippen LogP contribution in [0, 0.1) is 0 Å². The minimum atomic E-state index is -2.50. The smallest absolute Gasteiger partial charge is 0.0194 e. The molecule has 0 aliphatic carbocycles. The summed E-state index contributed by atoms with van der Waals surface area (Å²) in [6, 6.07) is 0. The van der Waals surface area contributed by atoms with Crippen molar-refractivity contribution in [1.82, 2.24) is 36.9 Å². The van der Waals surface area contributed by atoms with E-state index in [2.05, 4.69) is 0 Å². The molecule has 0 aromatic rings. The number of rotatable bonds is 0. The molecule has 0 saturated carbocycles. The maximum atomic E-state index is 5.94. The average molecular weight is 612 g/mol. The van der Waals surface area contributed by atoms with E-state index in [0.29, 0.717) is 0 Å². The summed E-state index contributed by atoms with van der Waals surface area (Å²) < 4.78 is 71.2. The molecule has 0 aromatic carbocycles. The van der Waals surface area contributed by atoms with Crippen molar-refractivity contribution in [3.8, 4) is 0 Å². The van der Waals surface area contributed by atoms with Crippen molar-refractivity contribution in [3.05, 3.63) is 0 Å². The Morgan fingerprint density at radius 2 is 0.135 bits per heavy atom. The standard InChI is InChI=1S/31CH4.6H3N/h31*1H4;6*1H3/i3*1D4;;;;;;;;;;;;;;;;;;;;;;;;;;;;;;;;;;. The van der Waals surface area contributed by atoms with Crippen LogP contribution in [0.3, 0.4) is 0 Å². The zero-order valence-electron chi connectivity index (χ0n) is 17.7. The zero-order valence-corrected chi connectivity index (χ0v) is 5.74. The Kier molecular flexibility index (Phi) is 6890000. The second-order valence-electron chi connectivity index (χ2n) is 0. The van der Waals surface area contributed by atoms with E-state index >= 15 is 0 Å². The Labute approximate surface area is 284 Å². The Hall–Kier alpha value is -0.240. The molecule has 0 atom stereocenters. The van der Waals surface area contributed by atoms with Crippen LogP contribution in [0.5, 0.6) is 0 Å². The third kappa shape index (κ3) is 708000. The van der Waals surface area contributed by atoms with Gasteiger partial charge < -0.3 is 36.9 Å². The molecule has 0 spiro atoms. The van der Waals surface area contributed by atoms with Crippen molar-refractivity contribution in [2.75, 3.05) is 0 Å². The summed E-state index contributed by atoms with van der Waals surface area (Å²) >= 11 is 0. The van der Waals surface area contributed by atoms with E-state index in [9.17, 15) is 0 Å². The van der Waals surface area contributed by atoms with Gasteiger partial charge in [-0.05, 0) is 0 Å². The quantitative estimate of drug-likeness (QED) is 0.157. The topological polar surface area (TPSA) is 210 Å². The average Bonchev–Trinajstić information content (AvgIpc) is 1.41. The lowest BCUT2D eigenvalue weighted by Crippen LogP contribution is -0.482. The maximum Gasteiger partial charge on any atom is 0.0194 e. The van der Waals surface area contributed by atoms with Crippen LogP contribution in [0.25, 0.3) is 0 Å². The van der Waals surface area contributed by atoms with Crippen molar-refractivity contribution in [1.29, 1.82) is 0 Å². The van der Waals surface area contributed by atoms with Crippen molar-refractivity contribution < 1.29 is 16.4 Å². The summed E-state index contributed by atoms with van der Waals surface area (Å²) in [7, 11) is -7.50. The zero-order chi connectivity index (χ0) is 13.5. The van der Waals surface area contributed by atoms with Crippen LogP contribution in [-0.4, -0.2) is 0 Å². The second-order valence-corrected chi connectivity index (χ2v) is 0.